The van der Waals surface area contributed by atoms with Gasteiger partial charge >= 0.3 is 0 Å². The van der Waals surface area contributed by atoms with E-state index in [1.54, 1.807) is 5.56 Å². The molecule has 4 aromatic carbocycles. The second kappa shape index (κ2) is 10.1. The molecule has 4 aromatic rings. The topological polar surface area (TPSA) is 3.24 Å². The van der Waals surface area contributed by atoms with Crippen LogP contribution in [0.2, 0.25) is 0 Å². The lowest BCUT2D eigenvalue weighted by Crippen LogP contribution is -2.48. The standard InChI is InChI=1S/C43H47N/c1-42(2)40-11-7-6-10-38(40)39-21-20-37(25-41(39)42)44(35-16-12-33(13-17-35)32-8-4-3-5-9-32)36-18-14-34(15-19-36)43-26-29-22-30(27-43)24-31(23-29)28-43/h6-7,10-21,25,29-32H,3-5,8-9,22-24,26-28H2,1-2H3. The highest BCUT2D eigenvalue weighted by molar-refractivity contribution is 5.85. The Kier molecular flexibility index (Phi) is 6.20. The number of hydrogen-bond acceptors (Lipinski definition) is 1. The van der Waals surface area contributed by atoms with Crippen LogP contribution in [0.25, 0.3) is 11.1 Å². The van der Waals surface area contributed by atoms with Gasteiger partial charge in [0.2, 0.25) is 0 Å². The van der Waals surface area contributed by atoms with E-state index in [9.17, 15) is 0 Å². The van der Waals surface area contributed by atoms with Crippen LogP contribution in [0.1, 0.15) is 113 Å². The summed E-state index contributed by atoms with van der Waals surface area (Å²) in [6.07, 6.45) is 15.6. The number of benzene rings is 4. The molecule has 0 saturated heterocycles. The van der Waals surface area contributed by atoms with Gasteiger partial charge in [-0.05, 0) is 150 Å². The van der Waals surface area contributed by atoms with Gasteiger partial charge in [0.05, 0.1) is 0 Å². The van der Waals surface area contributed by atoms with E-state index in [4.69, 9.17) is 0 Å². The molecule has 0 heterocycles. The lowest BCUT2D eigenvalue weighted by molar-refractivity contribution is -0.00518. The molecule has 1 heteroatoms. The second-order valence-electron chi connectivity index (χ2n) is 15.9. The molecule has 0 spiro atoms. The molecule has 5 saturated carbocycles. The second-order valence-corrected chi connectivity index (χ2v) is 15.9. The Morgan fingerprint density at radius 2 is 1.14 bits per heavy atom. The smallest absolute Gasteiger partial charge is 0.0465 e. The number of fused-ring (bicyclic) bond motifs is 3. The van der Waals surface area contributed by atoms with Gasteiger partial charge in [-0.1, -0.05) is 87.7 Å². The van der Waals surface area contributed by atoms with Crippen molar-refractivity contribution in [3.63, 3.8) is 0 Å². The van der Waals surface area contributed by atoms with E-state index in [0.717, 1.165) is 23.7 Å². The van der Waals surface area contributed by atoms with Crippen LogP contribution in [-0.2, 0) is 10.8 Å². The van der Waals surface area contributed by atoms with Crippen molar-refractivity contribution in [3.8, 4) is 11.1 Å². The van der Waals surface area contributed by atoms with Gasteiger partial charge in [0.15, 0.2) is 0 Å². The van der Waals surface area contributed by atoms with Gasteiger partial charge in [-0.2, -0.15) is 0 Å². The quantitative estimate of drug-likeness (QED) is 0.228. The number of rotatable bonds is 5. The Balaban J connectivity index is 1.11. The maximum absolute atomic E-state index is 2.52. The monoisotopic (exact) mass is 577 g/mol. The molecule has 6 aliphatic rings. The van der Waals surface area contributed by atoms with Crippen molar-refractivity contribution < 1.29 is 0 Å². The lowest BCUT2D eigenvalue weighted by atomic mass is 9.48. The molecule has 10 rings (SSSR count). The Bertz CT molecular complexity index is 1650. The van der Waals surface area contributed by atoms with Gasteiger partial charge in [-0.25, -0.2) is 0 Å². The van der Waals surface area contributed by atoms with E-state index in [1.165, 1.54) is 116 Å². The Morgan fingerprint density at radius 1 is 0.568 bits per heavy atom. The summed E-state index contributed by atoms with van der Waals surface area (Å²) in [4.78, 5) is 2.52. The molecule has 0 aromatic heterocycles. The van der Waals surface area contributed by atoms with Gasteiger partial charge in [0.1, 0.15) is 0 Å². The molecule has 0 radical (unpaired) electrons. The first-order valence-electron chi connectivity index (χ1n) is 17.7. The van der Waals surface area contributed by atoms with E-state index in [2.05, 4.69) is 110 Å². The van der Waals surface area contributed by atoms with E-state index >= 15 is 0 Å². The van der Waals surface area contributed by atoms with Crippen LogP contribution in [0.4, 0.5) is 17.1 Å². The van der Waals surface area contributed by atoms with E-state index in [0.29, 0.717) is 5.41 Å². The molecule has 0 aliphatic heterocycles. The summed E-state index contributed by atoms with van der Waals surface area (Å²) in [5, 5.41) is 0. The largest absolute Gasteiger partial charge is 0.310 e. The van der Waals surface area contributed by atoms with Gasteiger partial charge in [-0.15, -0.1) is 0 Å². The summed E-state index contributed by atoms with van der Waals surface area (Å²) >= 11 is 0. The van der Waals surface area contributed by atoms with Gasteiger partial charge < -0.3 is 4.90 Å². The van der Waals surface area contributed by atoms with Crippen molar-refractivity contribution in [2.45, 2.75) is 101 Å². The average Bonchev–Trinajstić information content (AvgIpc) is 3.28. The molecule has 4 bridgehead atoms. The maximum atomic E-state index is 2.52. The highest BCUT2D eigenvalue weighted by Gasteiger charge is 2.51. The fourth-order valence-corrected chi connectivity index (χ4v) is 11.0. The fourth-order valence-electron chi connectivity index (χ4n) is 11.0. The van der Waals surface area contributed by atoms with Crippen LogP contribution in [0.15, 0.2) is 91.0 Å². The highest BCUT2D eigenvalue weighted by atomic mass is 15.1. The predicted molar refractivity (Wildman–Crippen MR) is 184 cm³/mol. The summed E-state index contributed by atoms with van der Waals surface area (Å²) in [6, 6.07) is 35.8. The van der Waals surface area contributed by atoms with Crippen LogP contribution >= 0.6 is 0 Å². The summed E-state index contributed by atoms with van der Waals surface area (Å²) in [7, 11) is 0. The SMILES string of the molecule is CC1(C)c2ccccc2-c2ccc(N(c3ccc(C4CCCCC4)cc3)c3ccc(C45CC6CC(CC(C6)C4)C5)cc3)cc21. The van der Waals surface area contributed by atoms with Gasteiger partial charge in [-0.3, -0.25) is 0 Å². The third-order valence-electron chi connectivity index (χ3n) is 12.8. The first kappa shape index (κ1) is 27.0. The maximum Gasteiger partial charge on any atom is 0.0465 e. The molecule has 0 unspecified atom stereocenters. The van der Waals surface area contributed by atoms with E-state index in [-0.39, 0.29) is 5.41 Å². The molecule has 0 amide bonds. The molecule has 44 heavy (non-hydrogen) atoms. The van der Waals surface area contributed by atoms with Crippen LogP contribution < -0.4 is 4.90 Å². The van der Waals surface area contributed by atoms with Crippen LogP contribution in [-0.4, -0.2) is 0 Å². The van der Waals surface area contributed by atoms with Crippen LogP contribution in [0, 0.1) is 17.8 Å². The molecule has 5 fully saturated rings. The van der Waals surface area contributed by atoms with Gasteiger partial charge in [0, 0.05) is 22.5 Å². The lowest BCUT2D eigenvalue weighted by Gasteiger charge is -2.57. The van der Waals surface area contributed by atoms with Crippen molar-refractivity contribution >= 4 is 17.1 Å². The molecule has 1 nitrogen and oxygen atoms in total. The summed E-state index contributed by atoms with van der Waals surface area (Å²) in [5.74, 6) is 3.64. The minimum Gasteiger partial charge on any atom is -0.310 e. The van der Waals surface area contributed by atoms with E-state index < -0.39 is 0 Å². The Labute approximate surface area is 264 Å². The zero-order valence-electron chi connectivity index (χ0n) is 26.7. The molecule has 224 valence electrons. The van der Waals surface area contributed by atoms with Crippen molar-refractivity contribution in [3.05, 3.63) is 113 Å². The van der Waals surface area contributed by atoms with Crippen molar-refractivity contribution in [1.29, 1.82) is 0 Å². The zero-order chi connectivity index (χ0) is 29.5. The van der Waals surface area contributed by atoms with E-state index in [1.807, 2.05) is 0 Å². The molecule has 6 aliphatic carbocycles. The minimum atomic E-state index is -0.0131. The summed E-state index contributed by atoms with van der Waals surface area (Å²) < 4.78 is 0. The Morgan fingerprint density at radius 3 is 1.80 bits per heavy atom. The first-order chi connectivity index (χ1) is 21.5. The minimum absolute atomic E-state index is 0.0131. The van der Waals surface area contributed by atoms with Gasteiger partial charge in [0.25, 0.3) is 0 Å². The molecule has 0 atom stereocenters. The molecule has 0 N–H and O–H groups in total. The first-order valence-corrected chi connectivity index (χ1v) is 17.7. The van der Waals surface area contributed by atoms with Crippen molar-refractivity contribution in [1.82, 2.24) is 0 Å². The van der Waals surface area contributed by atoms with Crippen LogP contribution in [0.3, 0.4) is 0 Å². The zero-order valence-corrected chi connectivity index (χ0v) is 26.7. The number of anilines is 3. The average molecular weight is 578 g/mol. The number of hydrogen-bond donors (Lipinski definition) is 0. The third-order valence-corrected chi connectivity index (χ3v) is 12.8. The fraction of sp³-hybridized carbons (Fsp3) is 0.442. The third kappa shape index (κ3) is 4.25. The normalized spacial score (nSPS) is 28.1. The number of nitrogens with zero attached hydrogens (tertiary/aromatic N) is 1. The van der Waals surface area contributed by atoms with Crippen molar-refractivity contribution in [2.24, 2.45) is 17.8 Å². The van der Waals surface area contributed by atoms with Crippen molar-refractivity contribution in [2.75, 3.05) is 4.90 Å². The predicted octanol–water partition coefficient (Wildman–Crippen LogP) is 12.0. The summed E-state index contributed by atoms with van der Waals surface area (Å²) in [6.45, 7) is 4.79. The molecular formula is C43H47N. The molecular weight excluding hydrogens is 530 g/mol. The van der Waals surface area contributed by atoms with Crippen LogP contribution in [0.5, 0.6) is 0 Å². The summed E-state index contributed by atoms with van der Waals surface area (Å²) in [5.41, 5.74) is 13.0. The highest BCUT2D eigenvalue weighted by Crippen LogP contribution is 2.61. The Hall–Kier alpha value is -3.32.